The highest BCUT2D eigenvalue weighted by Gasteiger charge is 2.36. The van der Waals surface area contributed by atoms with Gasteiger partial charge in [-0.1, -0.05) is 0 Å². The minimum atomic E-state index is 0.0566. The Hall–Kier alpha value is -0.810. The monoisotopic (exact) mass is 240 g/mol. The summed E-state index contributed by atoms with van der Waals surface area (Å²) in [4.78, 5) is 16.1. The molecule has 2 saturated heterocycles. The summed E-state index contributed by atoms with van der Waals surface area (Å²) in [7, 11) is 2.16. The second-order valence-electron chi connectivity index (χ2n) is 5.46. The number of nitrogens with two attached hydrogens (primary N) is 1. The molecule has 0 bridgehead atoms. The maximum atomic E-state index is 11.9. The summed E-state index contributed by atoms with van der Waals surface area (Å²) in [6, 6.07) is 0.502. The van der Waals surface area contributed by atoms with E-state index in [1.54, 1.807) is 0 Å². The Bertz CT molecular complexity index is 284. The van der Waals surface area contributed by atoms with Crippen LogP contribution in [-0.2, 0) is 0 Å². The second-order valence-corrected chi connectivity index (χ2v) is 5.46. The molecular formula is C12H24N4O. The molecule has 0 aromatic carbocycles. The minimum absolute atomic E-state index is 0.0566. The molecule has 2 aliphatic rings. The number of nitrogens with zero attached hydrogens (tertiary/aromatic N) is 2. The van der Waals surface area contributed by atoms with E-state index in [9.17, 15) is 4.79 Å². The van der Waals surface area contributed by atoms with Crippen molar-refractivity contribution in [1.29, 1.82) is 0 Å². The molecular weight excluding hydrogens is 216 g/mol. The molecule has 2 aliphatic heterocycles. The average Bonchev–Trinajstić information content (AvgIpc) is 2.70. The number of likely N-dealkylation sites (tertiary alicyclic amines) is 1. The zero-order chi connectivity index (χ0) is 12.4. The van der Waals surface area contributed by atoms with Gasteiger partial charge in [0.2, 0.25) is 0 Å². The third-order valence-electron chi connectivity index (χ3n) is 4.07. The predicted molar refractivity (Wildman–Crippen MR) is 67.8 cm³/mol. The molecule has 0 aliphatic carbocycles. The van der Waals surface area contributed by atoms with Crippen molar-refractivity contribution in [1.82, 2.24) is 15.1 Å². The molecule has 5 heteroatoms. The van der Waals surface area contributed by atoms with E-state index >= 15 is 0 Å². The summed E-state index contributed by atoms with van der Waals surface area (Å²) in [5.41, 5.74) is 5.63. The number of nitrogens with one attached hydrogen (secondary N) is 1. The first kappa shape index (κ1) is 12.6. The van der Waals surface area contributed by atoms with Gasteiger partial charge in [0.25, 0.3) is 0 Å². The smallest absolute Gasteiger partial charge is 0.318 e. The molecule has 5 nitrogen and oxygen atoms in total. The Morgan fingerprint density at radius 1 is 1.53 bits per heavy atom. The summed E-state index contributed by atoms with van der Waals surface area (Å²) in [5, 5.41) is 3.11. The number of urea groups is 1. The van der Waals surface area contributed by atoms with Crippen molar-refractivity contribution >= 4 is 6.03 Å². The van der Waals surface area contributed by atoms with Crippen molar-refractivity contribution in [2.75, 3.05) is 33.2 Å². The molecule has 0 saturated carbocycles. The van der Waals surface area contributed by atoms with Gasteiger partial charge in [0, 0.05) is 25.7 Å². The first-order valence-corrected chi connectivity index (χ1v) is 6.57. The zero-order valence-corrected chi connectivity index (χ0v) is 10.9. The van der Waals surface area contributed by atoms with Crippen molar-refractivity contribution in [2.24, 2.45) is 11.7 Å². The van der Waals surface area contributed by atoms with Gasteiger partial charge >= 0.3 is 6.03 Å². The fraction of sp³-hybridized carbons (Fsp3) is 0.917. The molecule has 0 aromatic rings. The lowest BCUT2D eigenvalue weighted by Crippen LogP contribution is -2.43. The quantitative estimate of drug-likeness (QED) is 0.734. The number of piperidine rings is 1. The van der Waals surface area contributed by atoms with Gasteiger partial charge in [0.05, 0.1) is 6.04 Å². The van der Waals surface area contributed by atoms with E-state index in [1.807, 2.05) is 11.8 Å². The molecule has 2 amide bonds. The summed E-state index contributed by atoms with van der Waals surface area (Å²) in [6.07, 6.45) is 2.46. The Morgan fingerprint density at radius 2 is 2.29 bits per heavy atom. The fourth-order valence-corrected chi connectivity index (χ4v) is 2.89. The van der Waals surface area contributed by atoms with Crippen molar-refractivity contribution in [2.45, 2.75) is 31.8 Å². The lowest BCUT2D eigenvalue weighted by atomic mass is 9.91. The number of amides is 2. The first-order valence-electron chi connectivity index (χ1n) is 6.57. The maximum Gasteiger partial charge on any atom is 0.318 e. The van der Waals surface area contributed by atoms with Gasteiger partial charge < -0.3 is 20.9 Å². The first-order chi connectivity index (χ1) is 8.11. The van der Waals surface area contributed by atoms with Crippen LogP contribution in [0.1, 0.15) is 19.8 Å². The lowest BCUT2D eigenvalue weighted by Gasteiger charge is -2.33. The second kappa shape index (κ2) is 5.23. The van der Waals surface area contributed by atoms with Crippen LogP contribution >= 0.6 is 0 Å². The summed E-state index contributed by atoms with van der Waals surface area (Å²) in [5.74, 6) is 0.590. The number of rotatable bonds is 3. The van der Waals surface area contributed by atoms with Crippen molar-refractivity contribution in [3.05, 3.63) is 0 Å². The van der Waals surface area contributed by atoms with E-state index in [1.165, 1.54) is 19.4 Å². The van der Waals surface area contributed by atoms with E-state index in [-0.39, 0.29) is 12.1 Å². The molecule has 3 N–H and O–H groups in total. The number of carbonyl (C=O) groups excluding carboxylic acids is 1. The fourth-order valence-electron chi connectivity index (χ4n) is 2.89. The summed E-state index contributed by atoms with van der Waals surface area (Å²) in [6.45, 7) is 5.63. The van der Waals surface area contributed by atoms with Crippen molar-refractivity contribution in [3.8, 4) is 0 Å². The van der Waals surface area contributed by atoms with E-state index in [0.29, 0.717) is 18.5 Å². The third kappa shape index (κ3) is 2.72. The molecule has 2 heterocycles. The number of carbonyl (C=O) groups is 1. The average molecular weight is 240 g/mol. The van der Waals surface area contributed by atoms with Gasteiger partial charge in [-0.3, -0.25) is 0 Å². The van der Waals surface area contributed by atoms with Gasteiger partial charge in [-0.15, -0.1) is 0 Å². The maximum absolute atomic E-state index is 11.9. The molecule has 0 aromatic heterocycles. The highest BCUT2D eigenvalue weighted by molar-refractivity contribution is 5.77. The van der Waals surface area contributed by atoms with E-state index in [0.717, 1.165) is 13.1 Å². The van der Waals surface area contributed by atoms with Crippen LogP contribution in [0.3, 0.4) is 0 Å². The van der Waals surface area contributed by atoms with Crippen molar-refractivity contribution < 1.29 is 4.79 Å². The topological polar surface area (TPSA) is 61.6 Å². The zero-order valence-electron chi connectivity index (χ0n) is 10.9. The van der Waals surface area contributed by atoms with Crippen LogP contribution in [0.25, 0.3) is 0 Å². The molecule has 3 unspecified atom stereocenters. The molecule has 0 radical (unpaired) electrons. The van der Waals surface area contributed by atoms with E-state index < -0.39 is 0 Å². The molecule has 0 spiro atoms. The third-order valence-corrected chi connectivity index (χ3v) is 4.07. The van der Waals surface area contributed by atoms with Crippen molar-refractivity contribution in [3.63, 3.8) is 0 Å². The summed E-state index contributed by atoms with van der Waals surface area (Å²) < 4.78 is 0. The van der Waals surface area contributed by atoms with Gasteiger partial charge in [-0.25, -0.2) is 4.79 Å². The number of hydrogen-bond acceptors (Lipinski definition) is 3. The van der Waals surface area contributed by atoms with Crippen LogP contribution in [0.4, 0.5) is 4.79 Å². The Balaban J connectivity index is 1.93. The van der Waals surface area contributed by atoms with E-state index in [4.69, 9.17) is 5.73 Å². The number of hydrogen-bond donors (Lipinski definition) is 2. The molecule has 2 rings (SSSR count). The van der Waals surface area contributed by atoms with Crippen LogP contribution in [-0.4, -0.2) is 61.1 Å². The largest absolute Gasteiger partial charge is 0.333 e. The Kier molecular flexibility index (Phi) is 3.89. The molecule has 17 heavy (non-hydrogen) atoms. The van der Waals surface area contributed by atoms with Crippen LogP contribution in [0.5, 0.6) is 0 Å². The molecule has 2 fully saturated rings. The Labute approximate surface area is 103 Å². The van der Waals surface area contributed by atoms with Gasteiger partial charge in [-0.2, -0.15) is 0 Å². The predicted octanol–water partition coefficient (Wildman–Crippen LogP) is 0.0692. The van der Waals surface area contributed by atoms with Crippen LogP contribution in [0.2, 0.25) is 0 Å². The normalized spacial score (nSPS) is 32.6. The van der Waals surface area contributed by atoms with Gasteiger partial charge in [0.1, 0.15) is 0 Å². The SMILES string of the molecule is CC(CN)N1CC(C2CCCN(C)C2)NC1=O. The minimum Gasteiger partial charge on any atom is -0.333 e. The van der Waals surface area contributed by atoms with Gasteiger partial charge in [0.15, 0.2) is 0 Å². The molecule has 98 valence electrons. The van der Waals surface area contributed by atoms with Gasteiger partial charge in [-0.05, 0) is 39.3 Å². The highest BCUT2D eigenvalue weighted by atomic mass is 16.2. The van der Waals surface area contributed by atoms with Crippen LogP contribution in [0, 0.1) is 5.92 Å². The Morgan fingerprint density at radius 3 is 2.94 bits per heavy atom. The molecule has 3 atom stereocenters. The summed E-state index contributed by atoms with van der Waals surface area (Å²) >= 11 is 0. The standard InChI is InChI=1S/C12H24N4O/c1-9(6-13)16-8-11(14-12(16)17)10-4-3-5-15(2)7-10/h9-11H,3-8,13H2,1-2H3,(H,14,17). The van der Waals surface area contributed by atoms with E-state index in [2.05, 4.69) is 17.3 Å². The lowest BCUT2D eigenvalue weighted by molar-refractivity contribution is 0.176. The highest BCUT2D eigenvalue weighted by Crippen LogP contribution is 2.23. The van der Waals surface area contributed by atoms with Crippen LogP contribution < -0.4 is 11.1 Å². The van der Waals surface area contributed by atoms with Crippen LogP contribution in [0.15, 0.2) is 0 Å².